The van der Waals surface area contributed by atoms with Gasteiger partial charge in [-0.05, 0) is 40.3 Å². The zero-order valence-electron chi connectivity index (χ0n) is 11.9. The third-order valence-electron chi connectivity index (χ3n) is 4.25. The number of nitrogens with one attached hydrogen (secondary N) is 1. The third-order valence-corrected chi connectivity index (χ3v) is 6.70. The molecule has 0 spiro atoms. The molecule has 0 saturated heterocycles. The van der Waals surface area contributed by atoms with Gasteiger partial charge < -0.3 is 0 Å². The van der Waals surface area contributed by atoms with Gasteiger partial charge in [-0.15, -0.1) is 0 Å². The molecule has 3 atom stereocenters. The van der Waals surface area contributed by atoms with Gasteiger partial charge in [0.2, 0.25) is 10.0 Å². The zero-order chi connectivity index (χ0) is 15.8. The molecule has 3 nitrogen and oxygen atoms in total. The highest BCUT2D eigenvalue weighted by atomic mass is 79.9. The van der Waals surface area contributed by atoms with Crippen molar-refractivity contribution in [1.82, 2.24) is 4.72 Å². The smallest absolute Gasteiger partial charge is 0.208 e. The molecule has 118 valence electrons. The molecule has 1 fully saturated rings. The fourth-order valence-corrected chi connectivity index (χ4v) is 5.32. The summed E-state index contributed by atoms with van der Waals surface area (Å²) in [5, 5.41) is 0. The minimum Gasteiger partial charge on any atom is -0.208 e. The molecule has 2 rings (SSSR count). The number of rotatable bonds is 3. The lowest BCUT2D eigenvalue weighted by atomic mass is 9.78. The van der Waals surface area contributed by atoms with Crippen molar-refractivity contribution in [2.45, 2.75) is 44.0 Å². The lowest BCUT2D eigenvalue weighted by Crippen LogP contribution is -2.43. The Morgan fingerprint density at radius 2 is 1.90 bits per heavy atom. The average molecular weight is 382 g/mol. The molecule has 1 aliphatic rings. The first-order chi connectivity index (χ1) is 9.72. The van der Waals surface area contributed by atoms with Crippen LogP contribution in [-0.2, 0) is 10.0 Å². The van der Waals surface area contributed by atoms with Crippen LogP contribution in [-0.4, -0.2) is 14.5 Å². The fourth-order valence-electron chi connectivity index (χ4n) is 2.79. The Morgan fingerprint density at radius 1 is 1.24 bits per heavy atom. The maximum Gasteiger partial charge on any atom is 0.244 e. The molecule has 1 aliphatic carbocycles. The molecular weight excluding hydrogens is 364 g/mol. The van der Waals surface area contributed by atoms with Gasteiger partial charge in [0.05, 0.1) is 0 Å². The van der Waals surface area contributed by atoms with E-state index in [0.717, 1.165) is 25.3 Å². The van der Waals surface area contributed by atoms with Crippen molar-refractivity contribution in [3.05, 3.63) is 28.2 Å². The number of sulfonamides is 1. The third kappa shape index (κ3) is 3.63. The summed E-state index contributed by atoms with van der Waals surface area (Å²) >= 11 is 2.93. The number of hydrogen-bond donors (Lipinski definition) is 1. The largest absolute Gasteiger partial charge is 0.244 e. The molecule has 7 heteroatoms. The maximum atomic E-state index is 13.8. The molecule has 0 heterocycles. The quantitative estimate of drug-likeness (QED) is 0.864. The first-order valence-electron chi connectivity index (χ1n) is 6.89. The second kappa shape index (κ2) is 6.30. The molecule has 0 aromatic heterocycles. The van der Waals surface area contributed by atoms with E-state index in [-0.39, 0.29) is 16.4 Å². The van der Waals surface area contributed by atoms with Crippen molar-refractivity contribution < 1.29 is 17.2 Å². The van der Waals surface area contributed by atoms with Crippen LogP contribution >= 0.6 is 15.9 Å². The number of hydrogen-bond acceptors (Lipinski definition) is 2. The minimum absolute atomic E-state index is 0.107. The van der Waals surface area contributed by atoms with Crippen molar-refractivity contribution >= 4 is 26.0 Å². The topological polar surface area (TPSA) is 46.2 Å². The zero-order valence-corrected chi connectivity index (χ0v) is 14.3. The summed E-state index contributed by atoms with van der Waals surface area (Å²) in [4.78, 5) is -0.533. The number of benzene rings is 1. The van der Waals surface area contributed by atoms with Crippen LogP contribution in [0.4, 0.5) is 8.78 Å². The highest BCUT2D eigenvalue weighted by Crippen LogP contribution is 2.32. The maximum absolute atomic E-state index is 13.8. The van der Waals surface area contributed by atoms with Gasteiger partial charge >= 0.3 is 0 Å². The summed E-state index contributed by atoms with van der Waals surface area (Å²) < 4.78 is 54.2. The van der Waals surface area contributed by atoms with E-state index in [4.69, 9.17) is 0 Å². The van der Waals surface area contributed by atoms with Crippen molar-refractivity contribution in [2.75, 3.05) is 0 Å². The van der Waals surface area contributed by atoms with E-state index >= 15 is 0 Å². The van der Waals surface area contributed by atoms with Gasteiger partial charge in [0.15, 0.2) is 0 Å². The summed E-state index contributed by atoms with van der Waals surface area (Å²) in [6.45, 7) is 4.08. The van der Waals surface area contributed by atoms with E-state index < -0.39 is 26.6 Å². The van der Waals surface area contributed by atoms with Crippen LogP contribution in [0.15, 0.2) is 21.5 Å². The summed E-state index contributed by atoms with van der Waals surface area (Å²) in [7, 11) is -4.03. The minimum atomic E-state index is -4.03. The monoisotopic (exact) mass is 381 g/mol. The van der Waals surface area contributed by atoms with E-state index in [2.05, 4.69) is 27.6 Å². The van der Waals surface area contributed by atoms with Crippen LogP contribution in [0.5, 0.6) is 0 Å². The van der Waals surface area contributed by atoms with Crippen LogP contribution in [0.25, 0.3) is 0 Å². The van der Waals surface area contributed by atoms with E-state index in [1.807, 2.05) is 6.92 Å². The van der Waals surface area contributed by atoms with Gasteiger partial charge in [-0.2, -0.15) is 0 Å². The Morgan fingerprint density at radius 3 is 2.52 bits per heavy atom. The summed E-state index contributed by atoms with van der Waals surface area (Å²) in [6.07, 6.45) is 2.73. The van der Waals surface area contributed by atoms with Crippen molar-refractivity contribution in [3.63, 3.8) is 0 Å². The second-order valence-corrected chi connectivity index (χ2v) is 8.20. The molecular formula is C14H18BrF2NO2S. The van der Waals surface area contributed by atoms with Gasteiger partial charge in [0, 0.05) is 16.6 Å². The van der Waals surface area contributed by atoms with Crippen LogP contribution in [0.1, 0.15) is 33.1 Å². The summed E-state index contributed by atoms with van der Waals surface area (Å²) in [5.41, 5.74) is 0. The summed E-state index contributed by atoms with van der Waals surface area (Å²) in [6, 6.07) is 1.30. The van der Waals surface area contributed by atoms with Gasteiger partial charge in [-0.3, -0.25) is 0 Å². The normalized spacial score (nSPS) is 26.8. The second-order valence-electron chi connectivity index (χ2n) is 5.69. The Hall–Kier alpha value is -0.530. The first kappa shape index (κ1) is 16.8. The lowest BCUT2D eigenvalue weighted by molar-refractivity contribution is 0.226. The highest BCUT2D eigenvalue weighted by molar-refractivity contribution is 9.10. The Balaban J connectivity index is 2.31. The summed E-state index contributed by atoms with van der Waals surface area (Å²) in [5.74, 6) is -1.33. The van der Waals surface area contributed by atoms with E-state index in [9.17, 15) is 17.2 Å². The fraction of sp³-hybridized carbons (Fsp3) is 0.571. The standard InChI is InChI=1S/C14H18BrF2NO2S/c1-8-4-3-5-13(9(8)2)18-21(19,20)14-11(15)6-10(16)7-12(14)17/h6-9,13,18H,3-5H2,1-2H3. The molecule has 0 amide bonds. The Labute approximate surface area is 132 Å². The highest BCUT2D eigenvalue weighted by Gasteiger charge is 2.32. The molecule has 1 aromatic rings. The molecule has 1 N–H and O–H groups in total. The van der Waals surface area contributed by atoms with E-state index in [1.165, 1.54) is 0 Å². The Kier molecular flexibility index (Phi) is 5.05. The predicted octanol–water partition coefficient (Wildman–Crippen LogP) is 3.83. The van der Waals surface area contributed by atoms with Crippen LogP contribution in [0.3, 0.4) is 0 Å². The number of halogens is 3. The molecule has 3 unspecified atom stereocenters. The molecule has 1 aromatic carbocycles. The van der Waals surface area contributed by atoms with Gasteiger partial charge in [0.1, 0.15) is 16.5 Å². The van der Waals surface area contributed by atoms with Gasteiger partial charge in [-0.25, -0.2) is 21.9 Å². The van der Waals surface area contributed by atoms with Crippen molar-refractivity contribution in [2.24, 2.45) is 11.8 Å². The molecule has 0 radical (unpaired) electrons. The van der Waals surface area contributed by atoms with Crippen LogP contribution in [0.2, 0.25) is 0 Å². The van der Waals surface area contributed by atoms with E-state index in [1.54, 1.807) is 0 Å². The van der Waals surface area contributed by atoms with E-state index in [0.29, 0.717) is 12.0 Å². The predicted molar refractivity (Wildman–Crippen MR) is 80.3 cm³/mol. The Bertz CT molecular complexity index is 613. The molecule has 0 bridgehead atoms. The van der Waals surface area contributed by atoms with Crippen molar-refractivity contribution in [3.8, 4) is 0 Å². The SMILES string of the molecule is CC1CCCC(NS(=O)(=O)c2c(F)cc(F)cc2Br)C1C. The average Bonchev–Trinajstić information content (AvgIpc) is 2.33. The van der Waals surface area contributed by atoms with Crippen LogP contribution in [0, 0.1) is 23.5 Å². The molecule has 0 aliphatic heterocycles. The first-order valence-corrected chi connectivity index (χ1v) is 9.17. The van der Waals surface area contributed by atoms with Gasteiger partial charge in [-0.1, -0.05) is 26.7 Å². The van der Waals surface area contributed by atoms with Crippen molar-refractivity contribution in [1.29, 1.82) is 0 Å². The lowest BCUT2D eigenvalue weighted by Gasteiger charge is -2.34. The molecule has 21 heavy (non-hydrogen) atoms. The molecule has 1 saturated carbocycles. The van der Waals surface area contributed by atoms with Gasteiger partial charge in [0.25, 0.3) is 0 Å². The van der Waals surface area contributed by atoms with Crippen LogP contribution < -0.4 is 4.72 Å².